The van der Waals surface area contributed by atoms with Gasteiger partial charge in [0.1, 0.15) is 0 Å². The molecule has 0 unspecified atom stereocenters. The topological polar surface area (TPSA) is 37.8 Å². The summed E-state index contributed by atoms with van der Waals surface area (Å²) in [7, 11) is 0. The summed E-state index contributed by atoms with van der Waals surface area (Å²) in [6.45, 7) is 2.71. The monoisotopic (exact) mass is 228 g/mol. The number of rotatable bonds is 3. The molecule has 3 heteroatoms. The standard InChI is InChI=1S/C14H16N2O/c1-10-4-2-3-5-12(10)9-16-14(17)8-13(15-16)11-6-7-11/h2-5,8,11,15H,6-7,9H2,1H3. The lowest BCUT2D eigenvalue weighted by atomic mass is 10.1. The van der Waals surface area contributed by atoms with Gasteiger partial charge in [0.05, 0.1) is 6.54 Å². The fourth-order valence-corrected chi connectivity index (χ4v) is 2.13. The van der Waals surface area contributed by atoms with E-state index in [0.717, 1.165) is 5.69 Å². The molecule has 3 rings (SSSR count). The molecule has 17 heavy (non-hydrogen) atoms. The number of H-pyrrole nitrogens is 1. The molecule has 0 bridgehead atoms. The second kappa shape index (κ2) is 3.91. The van der Waals surface area contributed by atoms with Crippen LogP contribution in [-0.2, 0) is 6.54 Å². The molecule has 0 saturated heterocycles. The number of nitrogens with zero attached hydrogens (tertiary/aromatic N) is 1. The third kappa shape index (κ3) is 2.05. The predicted molar refractivity (Wildman–Crippen MR) is 67.3 cm³/mol. The molecule has 1 N–H and O–H groups in total. The van der Waals surface area contributed by atoms with Gasteiger partial charge in [0, 0.05) is 17.7 Å². The molecule has 1 aliphatic carbocycles. The first kappa shape index (κ1) is 10.4. The smallest absolute Gasteiger partial charge is 0.267 e. The zero-order chi connectivity index (χ0) is 11.8. The maximum absolute atomic E-state index is 11.8. The van der Waals surface area contributed by atoms with Gasteiger partial charge in [-0.15, -0.1) is 0 Å². The van der Waals surface area contributed by atoms with Crippen molar-refractivity contribution in [1.82, 2.24) is 9.78 Å². The van der Waals surface area contributed by atoms with Crippen LogP contribution in [0.2, 0.25) is 0 Å². The van der Waals surface area contributed by atoms with E-state index in [0.29, 0.717) is 12.5 Å². The highest BCUT2D eigenvalue weighted by Crippen LogP contribution is 2.38. The van der Waals surface area contributed by atoms with Crippen LogP contribution in [-0.4, -0.2) is 9.78 Å². The van der Waals surface area contributed by atoms with E-state index in [2.05, 4.69) is 24.2 Å². The minimum absolute atomic E-state index is 0.0788. The highest BCUT2D eigenvalue weighted by atomic mass is 16.1. The first-order chi connectivity index (χ1) is 8.24. The largest absolute Gasteiger partial charge is 0.299 e. The van der Waals surface area contributed by atoms with Crippen molar-refractivity contribution >= 4 is 0 Å². The molecule has 1 fully saturated rings. The number of aromatic amines is 1. The van der Waals surface area contributed by atoms with E-state index in [1.807, 2.05) is 12.1 Å². The third-order valence-corrected chi connectivity index (χ3v) is 3.42. The van der Waals surface area contributed by atoms with Gasteiger partial charge in [-0.1, -0.05) is 24.3 Å². The first-order valence-electron chi connectivity index (χ1n) is 6.08. The average Bonchev–Trinajstić information content (AvgIpc) is 3.09. The van der Waals surface area contributed by atoms with Gasteiger partial charge in [-0.2, -0.15) is 0 Å². The second-order valence-corrected chi connectivity index (χ2v) is 4.84. The Labute approximate surface area is 100 Å². The molecule has 88 valence electrons. The lowest BCUT2D eigenvalue weighted by Gasteiger charge is -2.05. The zero-order valence-corrected chi connectivity index (χ0v) is 9.94. The molecule has 1 heterocycles. The highest BCUT2D eigenvalue weighted by Gasteiger charge is 2.25. The number of benzene rings is 1. The maximum atomic E-state index is 11.8. The van der Waals surface area contributed by atoms with E-state index in [4.69, 9.17) is 0 Å². The Hall–Kier alpha value is -1.77. The highest BCUT2D eigenvalue weighted by molar-refractivity contribution is 5.26. The Morgan fingerprint density at radius 1 is 1.35 bits per heavy atom. The van der Waals surface area contributed by atoms with E-state index >= 15 is 0 Å². The van der Waals surface area contributed by atoms with Gasteiger partial charge in [-0.25, -0.2) is 4.68 Å². The van der Waals surface area contributed by atoms with Gasteiger partial charge >= 0.3 is 0 Å². The summed E-state index contributed by atoms with van der Waals surface area (Å²) in [5.41, 5.74) is 3.60. The zero-order valence-electron chi connectivity index (χ0n) is 9.94. The van der Waals surface area contributed by atoms with Crippen LogP contribution in [0.3, 0.4) is 0 Å². The summed E-state index contributed by atoms with van der Waals surface area (Å²) in [5, 5.41) is 3.22. The normalized spacial score (nSPS) is 15.1. The van der Waals surface area contributed by atoms with Crippen LogP contribution >= 0.6 is 0 Å². The Kier molecular flexibility index (Phi) is 2.39. The van der Waals surface area contributed by atoms with Gasteiger partial charge in [0.15, 0.2) is 0 Å². The summed E-state index contributed by atoms with van der Waals surface area (Å²) in [6.07, 6.45) is 2.43. The Balaban J connectivity index is 1.90. The molecule has 2 aromatic rings. The van der Waals surface area contributed by atoms with Gasteiger partial charge < -0.3 is 0 Å². The van der Waals surface area contributed by atoms with Crippen LogP contribution in [0.5, 0.6) is 0 Å². The molecule has 0 atom stereocenters. The minimum Gasteiger partial charge on any atom is -0.299 e. The number of hydrogen-bond acceptors (Lipinski definition) is 1. The van der Waals surface area contributed by atoms with Crippen molar-refractivity contribution < 1.29 is 0 Å². The van der Waals surface area contributed by atoms with Crippen LogP contribution in [0.15, 0.2) is 35.1 Å². The van der Waals surface area contributed by atoms with Crippen LogP contribution in [0.25, 0.3) is 0 Å². The second-order valence-electron chi connectivity index (χ2n) is 4.84. The van der Waals surface area contributed by atoms with Crippen molar-refractivity contribution in [3.8, 4) is 0 Å². The third-order valence-electron chi connectivity index (χ3n) is 3.42. The van der Waals surface area contributed by atoms with Gasteiger partial charge in [0.25, 0.3) is 5.56 Å². The van der Waals surface area contributed by atoms with E-state index in [9.17, 15) is 4.79 Å². The Morgan fingerprint density at radius 3 is 2.82 bits per heavy atom. The SMILES string of the molecule is Cc1ccccc1Cn1[nH]c(C2CC2)cc1=O. The van der Waals surface area contributed by atoms with Gasteiger partial charge in [-0.3, -0.25) is 9.89 Å². The van der Waals surface area contributed by atoms with E-state index < -0.39 is 0 Å². The van der Waals surface area contributed by atoms with Crippen LogP contribution in [0, 0.1) is 6.92 Å². The summed E-state index contributed by atoms with van der Waals surface area (Å²) < 4.78 is 1.70. The molecule has 0 amide bonds. The summed E-state index contributed by atoms with van der Waals surface area (Å²) in [4.78, 5) is 11.8. The summed E-state index contributed by atoms with van der Waals surface area (Å²) in [6, 6.07) is 9.92. The molecular weight excluding hydrogens is 212 g/mol. The number of aryl methyl sites for hydroxylation is 1. The van der Waals surface area contributed by atoms with Crippen molar-refractivity contribution in [3.05, 3.63) is 57.5 Å². The molecule has 1 aliphatic rings. The maximum Gasteiger partial charge on any atom is 0.267 e. The fourth-order valence-electron chi connectivity index (χ4n) is 2.13. The lowest BCUT2D eigenvalue weighted by molar-refractivity contribution is 0.649. The Morgan fingerprint density at radius 2 is 2.12 bits per heavy atom. The molecular formula is C14H16N2O. The molecule has 3 nitrogen and oxygen atoms in total. The first-order valence-corrected chi connectivity index (χ1v) is 6.08. The van der Waals surface area contributed by atoms with Crippen molar-refractivity contribution in [1.29, 1.82) is 0 Å². The van der Waals surface area contributed by atoms with Crippen LogP contribution in [0.1, 0.15) is 35.6 Å². The molecule has 0 spiro atoms. The van der Waals surface area contributed by atoms with E-state index in [1.54, 1.807) is 10.7 Å². The molecule has 1 saturated carbocycles. The average molecular weight is 228 g/mol. The summed E-state index contributed by atoms with van der Waals surface area (Å²) >= 11 is 0. The number of aromatic nitrogens is 2. The number of nitrogens with one attached hydrogen (secondary N) is 1. The fraction of sp³-hybridized carbons (Fsp3) is 0.357. The van der Waals surface area contributed by atoms with Crippen LogP contribution in [0.4, 0.5) is 0 Å². The quantitative estimate of drug-likeness (QED) is 0.860. The Bertz CT molecular complexity index is 590. The lowest BCUT2D eigenvalue weighted by Crippen LogP contribution is -2.17. The van der Waals surface area contributed by atoms with Crippen molar-refractivity contribution in [3.63, 3.8) is 0 Å². The van der Waals surface area contributed by atoms with E-state index in [-0.39, 0.29) is 5.56 Å². The summed E-state index contributed by atoms with van der Waals surface area (Å²) in [5.74, 6) is 0.598. The van der Waals surface area contributed by atoms with Gasteiger partial charge in [0.2, 0.25) is 0 Å². The predicted octanol–water partition coefficient (Wildman–Crippen LogP) is 2.41. The molecule has 0 radical (unpaired) electrons. The van der Waals surface area contributed by atoms with Crippen LogP contribution < -0.4 is 5.56 Å². The van der Waals surface area contributed by atoms with Gasteiger partial charge in [-0.05, 0) is 30.9 Å². The molecule has 1 aromatic carbocycles. The molecule has 0 aliphatic heterocycles. The van der Waals surface area contributed by atoms with E-state index in [1.165, 1.54) is 24.0 Å². The number of hydrogen-bond donors (Lipinski definition) is 1. The van der Waals surface area contributed by atoms with Crippen molar-refractivity contribution in [2.45, 2.75) is 32.2 Å². The molecule has 1 aromatic heterocycles. The minimum atomic E-state index is 0.0788. The van der Waals surface area contributed by atoms with Crippen molar-refractivity contribution in [2.24, 2.45) is 0 Å². The van der Waals surface area contributed by atoms with Crippen molar-refractivity contribution in [2.75, 3.05) is 0 Å².